The molecule has 112 valence electrons. The maximum Gasteiger partial charge on any atom is 0.220 e. The first-order valence-corrected chi connectivity index (χ1v) is 8.56. The second-order valence-corrected chi connectivity index (χ2v) is 6.66. The fraction of sp³-hybridized carbons (Fsp3) is 0.471. The summed E-state index contributed by atoms with van der Waals surface area (Å²) in [6, 6.07) is 8.18. The number of carbonyl (C=O) groups is 1. The molecule has 3 nitrogen and oxygen atoms in total. The summed E-state index contributed by atoms with van der Waals surface area (Å²) in [5.41, 5.74) is 0. The van der Waals surface area contributed by atoms with Crippen molar-refractivity contribution in [3.63, 3.8) is 0 Å². The molecule has 0 aromatic carbocycles. The summed E-state index contributed by atoms with van der Waals surface area (Å²) in [6.07, 6.45) is 7.83. The first-order valence-electron chi connectivity index (χ1n) is 7.68. The molecule has 1 N–H and O–H groups in total. The quantitative estimate of drug-likeness (QED) is 0.863. The fourth-order valence-corrected chi connectivity index (χ4v) is 3.99. The van der Waals surface area contributed by atoms with Crippen molar-refractivity contribution < 1.29 is 9.21 Å². The number of thiophene rings is 1. The van der Waals surface area contributed by atoms with Crippen molar-refractivity contribution in [3.05, 3.63) is 46.5 Å². The Morgan fingerprint density at radius 3 is 2.86 bits per heavy atom. The highest BCUT2D eigenvalue weighted by molar-refractivity contribution is 7.10. The smallest absolute Gasteiger partial charge is 0.220 e. The van der Waals surface area contributed by atoms with Gasteiger partial charge < -0.3 is 9.73 Å². The summed E-state index contributed by atoms with van der Waals surface area (Å²) < 4.78 is 5.28. The second kappa shape index (κ2) is 6.94. The standard InChI is InChI=1S/C17H21NO2S/c19-16(10-9-14-7-3-11-20-14)18-17(13-5-1-2-6-13)15-8-4-12-21-15/h3-4,7-8,11-13,17H,1-2,5-6,9-10H2,(H,18,19). The van der Waals surface area contributed by atoms with Gasteiger partial charge >= 0.3 is 0 Å². The Morgan fingerprint density at radius 2 is 2.19 bits per heavy atom. The molecule has 0 spiro atoms. The number of rotatable bonds is 6. The predicted octanol–water partition coefficient (Wildman–Crippen LogP) is 4.32. The summed E-state index contributed by atoms with van der Waals surface area (Å²) >= 11 is 1.74. The Labute approximate surface area is 129 Å². The van der Waals surface area contributed by atoms with Gasteiger partial charge in [0.1, 0.15) is 5.76 Å². The summed E-state index contributed by atoms with van der Waals surface area (Å²) in [6.45, 7) is 0. The van der Waals surface area contributed by atoms with Crippen LogP contribution in [0.4, 0.5) is 0 Å². The van der Waals surface area contributed by atoms with Crippen molar-refractivity contribution in [1.29, 1.82) is 0 Å². The Morgan fingerprint density at radius 1 is 1.33 bits per heavy atom. The van der Waals surface area contributed by atoms with Gasteiger partial charge in [-0.3, -0.25) is 4.79 Å². The van der Waals surface area contributed by atoms with Crippen molar-refractivity contribution in [3.8, 4) is 0 Å². The van der Waals surface area contributed by atoms with Gasteiger partial charge in [-0.05, 0) is 42.3 Å². The van der Waals surface area contributed by atoms with Crippen LogP contribution >= 0.6 is 11.3 Å². The van der Waals surface area contributed by atoms with E-state index in [4.69, 9.17) is 4.42 Å². The van der Waals surface area contributed by atoms with Gasteiger partial charge in [0, 0.05) is 17.7 Å². The monoisotopic (exact) mass is 303 g/mol. The molecule has 1 aliphatic rings. The molecule has 2 aromatic heterocycles. The van der Waals surface area contributed by atoms with Crippen LogP contribution in [0.25, 0.3) is 0 Å². The molecule has 1 fully saturated rings. The lowest BCUT2D eigenvalue weighted by molar-refractivity contribution is -0.122. The van der Waals surface area contributed by atoms with Gasteiger partial charge in [0.15, 0.2) is 0 Å². The van der Waals surface area contributed by atoms with Crippen LogP contribution < -0.4 is 5.32 Å². The maximum absolute atomic E-state index is 12.3. The fourth-order valence-electron chi connectivity index (χ4n) is 3.12. The molecule has 21 heavy (non-hydrogen) atoms. The lowest BCUT2D eigenvalue weighted by Crippen LogP contribution is -2.32. The predicted molar refractivity (Wildman–Crippen MR) is 84.2 cm³/mol. The zero-order valence-electron chi connectivity index (χ0n) is 12.1. The third-order valence-electron chi connectivity index (χ3n) is 4.22. The van der Waals surface area contributed by atoms with Gasteiger partial charge in [0.25, 0.3) is 0 Å². The summed E-state index contributed by atoms with van der Waals surface area (Å²) in [5, 5.41) is 5.34. The molecule has 1 atom stereocenters. The largest absolute Gasteiger partial charge is 0.469 e. The first-order chi connectivity index (χ1) is 10.3. The SMILES string of the molecule is O=C(CCc1ccco1)NC(c1cccs1)C1CCCC1. The molecular weight excluding hydrogens is 282 g/mol. The third-order valence-corrected chi connectivity index (χ3v) is 5.17. The molecule has 2 aromatic rings. The summed E-state index contributed by atoms with van der Waals surface area (Å²) in [4.78, 5) is 13.5. The average molecular weight is 303 g/mol. The van der Waals surface area contributed by atoms with Crippen molar-refractivity contribution >= 4 is 17.2 Å². The van der Waals surface area contributed by atoms with Gasteiger partial charge in [-0.15, -0.1) is 11.3 Å². The number of hydrogen-bond donors (Lipinski definition) is 1. The summed E-state index contributed by atoms with van der Waals surface area (Å²) in [5.74, 6) is 1.59. The molecule has 1 unspecified atom stereocenters. The van der Waals surface area contributed by atoms with E-state index in [9.17, 15) is 4.79 Å². The van der Waals surface area contributed by atoms with Crippen LogP contribution in [0, 0.1) is 5.92 Å². The van der Waals surface area contributed by atoms with E-state index in [1.54, 1.807) is 17.6 Å². The zero-order valence-corrected chi connectivity index (χ0v) is 12.9. The van der Waals surface area contributed by atoms with Crippen molar-refractivity contribution in [2.45, 2.75) is 44.6 Å². The van der Waals surface area contributed by atoms with Gasteiger partial charge in [-0.1, -0.05) is 18.9 Å². The third kappa shape index (κ3) is 3.76. The zero-order chi connectivity index (χ0) is 14.5. The van der Waals surface area contributed by atoms with E-state index in [2.05, 4.69) is 22.8 Å². The minimum absolute atomic E-state index is 0.122. The molecule has 0 bridgehead atoms. The van der Waals surface area contributed by atoms with E-state index in [1.165, 1.54) is 30.6 Å². The van der Waals surface area contributed by atoms with Crippen LogP contribution in [0.1, 0.15) is 48.8 Å². The molecule has 0 saturated heterocycles. The van der Waals surface area contributed by atoms with E-state index in [0.29, 0.717) is 18.8 Å². The van der Waals surface area contributed by atoms with E-state index in [1.807, 2.05) is 12.1 Å². The maximum atomic E-state index is 12.3. The van der Waals surface area contributed by atoms with Crippen molar-refractivity contribution in [2.24, 2.45) is 5.92 Å². The Hall–Kier alpha value is -1.55. The number of amides is 1. The van der Waals surface area contributed by atoms with Crippen LogP contribution in [0.5, 0.6) is 0 Å². The number of aryl methyl sites for hydroxylation is 1. The highest BCUT2D eigenvalue weighted by Gasteiger charge is 2.28. The minimum Gasteiger partial charge on any atom is -0.469 e. The van der Waals surface area contributed by atoms with Crippen molar-refractivity contribution in [2.75, 3.05) is 0 Å². The van der Waals surface area contributed by atoms with Crippen LogP contribution in [-0.4, -0.2) is 5.91 Å². The average Bonchev–Trinajstić information content (AvgIpc) is 3.26. The second-order valence-electron chi connectivity index (χ2n) is 5.68. The number of carbonyl (C=O) groups excluding carboxylic acids is 1. The lowest BCUT2D eigenvalue weighted by Gasteiger charge is -2.23. The number of nitrogens with one attached hydrogen (secondary N) is 1. The molecule has 1 amide bonds. The molecular formula is C17H21NO2S. The molecule has 3 rings (SSSR count). The van der Waals surface area contributed by atoms with Gasteiger partial charge in [0.05, 0.1) is 12.3 Å². The normalized spacial score (nSPS) is 17.0. The molecule has 0 aliphatic heterocycles. The van der Waals surface area contributed by atoms with Gasteiger partial charge in [0.2, 0.25) is 5.91 Å². The van der Waals surface area contributed by atoms with Crippen molar-refractivity contribution in [1.82, 2.24) is 5.32 Å². The Bertz CT molecular complexity index is 541. The van der Waals surface area contributed by atoms with Crippen LogP contribution in [-0.2, 0) is 11.2 Å². The highest BCUT2D eigenvalue weighted by atomic mass is 32.1. The topological polar surface area (TPSA) is 42.2 Å². The molecule has 4 heteroatoms. The van der Waals surface area contributed by atoms with Crippen LogP contribution in [0.15, 0.2) is 40.3 Å². The highest BCUT2D eigenvalue weighted by Crippen LogP contribution is 2.37. The number of furan rings is 1. The van der Waals surface area contributed by atoms with E-state index < -0.39 is 0 Å². The van der Waals surface area contributed by atoms with E-state index in [0.717, 1.165) is 5.76 Å². The van der Waals surface area contributed by atoms with E-state index >= 15 is 0 Å². The summed E-state index contributed by atoms with van der Waals surface area (Å²) in [7, 11) is 0. The Balaban J connectivity index is 1.59. The lowest BCUT2D eigenvalue weighted by atomic mass is 9.96. The Kier molecular flexibility index (Phi) is 4.76. The first kappa shape index (κ1) is 14.4. The molecule has 0 radical (unpaired) electrons. The van der Waals surface area contributed by atoms with Gasteiger partial charge in [-0.25, -0.2) is 0 Å². The minimum atomic E-state index is 0.122. The molecule has 1 aliphatic carbocycles. The number of hydrogen-bond acceptors (Lipinski definition) is 3. The van der Waals surface area contributed by atoms with E-state index in [-0.39, 0.29) is 11.9 Å². The van der Waals surface area contributed by atoms with Crippen LogP contribution in [0.2, 0.25) is 0 Å². The van der Waals surface area contributed by atoms with Crippen LogP contribution in [0.3, 0.4) is 0 Å². The molecule has 2 heterocycles. The van der Waals surface area contributed by atoms with Gasteiger partial charge in [-0.2, -0.15) is 0 Å². The molecule has 1 saturated carbocycles.